The van der Waals surface area contributed by atoms with E-state index >= 15 is 0 Å². The van der Waals surface area contributed by atoms with Crippen molar-refractivity contribution < 1.29 is 19.2 Å². The quantitative estimate of drug-likeness (QED) is 0.531. The fraction of sp³-hybridized carbons (Fsp3) is 0.474. The number of allylic oxidation sites excluding steroid dienone is 4. The minimum Gasteiger partial charge on any atom is -0.337 e. The smallest absolute Gasteiger partial charge is 0.284 e. The van der Waals surface area contributed by atoms with Crippen molar-refractivity contribution in [2.75, 3.05) is 13.1 Å². The van der Waals surface area contributed by atoms with Crippen molar-refractivity contribution >= 4 is 23.2 Å². The van der Waals surface area contributed by atoms with Gasteiger partial charge in [-0.15, -0.1) is 11.3 Å². The fourth-order valence-electron chi connectivity index (χ4n) is 3.89. The zero-order valence-electron chi connectivity index (χ0n) is 14.8. The molecular formula is C19H22FN3O3S. The van der Waals surface area contributed by atoms with Gasteiger partial charge in [-0.05, 0) is 54.9 Å². The van der Waals surface area contributed by atoms with Gasteiger partial charge in [0.15, 0.2) is 0 Å². The highest BCUT2D eigenvalue weighted by atomic mass is 32.1. The number of nitrogens with one attached hydrogen (secondary N) is 2. The standard InChI is InChI=1S/C19H22FN3O3S/c20-13-3-1-11(2-4-13)14-8-15(14)21-9-18(24)23-6-5-16-12(10-23)7-17(27-16)19(25)22-26/h1,3-4,7,11,14-15,21,26H,2,5-6,8-10H2,(H,22,25)/t11?,14-,15+/m0/s1. The predicted octanol–water partition coefficient (Wildman–Crippen LogP) is 2.16. The Kier molecular flexibility index (Phi) is 5.12. The Morgan fingerprint density at radius 2 is 2.26 bits per heavy atom. The maximum Gasteiger partial charge on any atom is 0.284 e. The van der Waals surface area contributed by atoms with Gasteiger partial charge in [0, 0.05) is 24.0 Å². The molecule has 0 aromatic carbocycles. The molecule has 2 aliphatic carbocycles. The van der Waals surface area contributed by atoms with E-state index in [0.717, 1.165) is 29.7 Å². The highest BCUT2D eigenvalue weighted by Gasteiger charge is 2.42. The summed E-state index contributed by atoms with van der Waals surface area (Å²) in [7, 11) is 0. The first kappa shape index (κ1) is 18.3. The highest BCUT2D eigenvalue weighted by Crippen LogP contribution is 2.41. The van der Waals surface area contributed by atoms with E-state index in [4.69, 9.17) is 5.21 Å². The van der Waals surface area contributed by atoms with E-state index in [1.165, 1.54) is 17.4 Å². The first-order valence-corrected chi connectivity index (χ1v) is 9.98. The number of fused-ring (bicyclic) bond motifs is 1. The average molecular weight is 391 g/mol. The topological polar surface area (TPSA) is 81.7 Å². The van der Waals surface area contributed by atoms with Crippen molar-refractivity contribution in [1.29, 1.82) is 0 Å². The highest BCUT2D eigenvalue weighted by molar-refractivity contribution is 7.14. The van der Waals surface area contributed by atoms with Crippen LogP contribution in [0.2, 0.25) is 0 Å². The largest absolute Gasteiger partial charge is 0.337 e. The molecule has 0 saturated heterocycles. The van der Waals surface area contributed by atoms with Gasteiger partial charge in [0.2, 0.25) is 5.91 Å². The molecule has 1 saturated carbocycles. The van der Waals surface area contributed by atoms with Crippen LogP contribution in [0, 0.1) is 11.8 Å². The van der Waals surface area contributed by atoms with Crippen LogP contribution in [0.5, 0.6) is 0 Å². The molecule has 2 amide bonds. The number of hydrogen-bond acceptors (Lipinski definition) is 5. The van der Waals surface area contributed by atoms with Crippen LogP contribution < -0.4 is 10.8 Å². The van der Waals surface area contributed by atoms with Crippen LogP contribution >= 0.6 is 11.3 Å². The van der Waals surface area contributed by atoms with Crippen molar-refractivity contribution in [3.05, 3.63) is 45.4 Å². The molecule has 1 aromatic heterocycles. The lowest BCUT2D eigenvalue weighted by Crippen LogP contribution is -2.41. The van der Waals surface area contributed by atoms with Gasteiger partial charge >= 0.3 is 0 Å². The van der Waals surface area contributed by atoms with Crippen molar-refractivity contribution in [3.63, 3.8) is 0 Å². The normalized spacial score (nSPS) is 26.4. The van der Waals surface area contributed by atoms with Gasteiger partial charge in [-0.1, -0.05) is 6.08 Å². The molecule has 2 heterocycles. The zero-order chi connectivity index (χ0) is 19.0. The van der Waals surface area contributed by atoms with E-state index in [1.807, 2.05) is 6.08 Å². The van der Waals surface area contributed by atoms with E-state index in [9.17, 15) is 14.0 Å². The van der Waals surface area contributed by atoms with Crippen molar-refractivity contribution in [3.8, 4) is 0 Å². The Labute approximate surface area is 160 Å². The molecular weight excluding hydrogens is 369 g/mol. The van der Waals surface area contributed by atoms with E-state index in [-0.39, 0.29) is 11.7 Å². The molecule has 3 aliphatic rings. The van der Waals surface area contributed by atoms with E-state index in [2.05, 4.69) is 5.32 Å². The number of rotatable bonds is 5. The molecule has 6 nitrogen and oxygen atoms in total. The second-order valence-corrected chi connectivity index (χ2v) is 8.44. The lowest BCUT2D eigenvalue weighted by Gasteiger charge is -2.27. The van der Waals surface area contributed by atoms with Gasteiger partial charge in [-0.25, -0.2) is 9.87 Å². The Morgan fingerprint density at radius 1 is 1.41 bits per heavy atom. The van der Waals surface area contributed by atoms with Gasteiger partial charge in [0.1, 0.15) is 5.83 Å². The average Bonchev–Trinajstić information content (AvgIpc) is 3.33. The molecule has 4 rings (SSSR count). The minimum absolute atomic E-state index is 0.0517. The van der Waals surface area contributed by atoms with E-state index in [0.29, 0.717) is 42.4 Å². The lowest BCUT2D eigenvalue weighted by molar-refractivity contribution is -0.131. The summed E-state index contributed by atoms with van der Waals surface area (Å²) in [4.78, 5) is 27.4. The third-order valence-electron chi connectivity index (χ3n) is 5.54. The fourth-order valence-corrected chi connectivity index (χ4v) is 4.95. The molecule has 8 heteroatoms. The number of thiophene rings is 1. The Hall–Kier alpha value is -2.03. The SMILES string of the molecule is O=C(NO)c1cc2c(s1)CCN(C(=O)CN[C@@H]1C[C@H]1C1C=CC(F)=CC1)C2. The summed E-state index contributed by atoms with van der Waals surface area (Å²) < 4.78 is 13.0. The number of carbonyl (C=O) groups excluding carboxylic acids is 2. The molecule has 0 spiro atoms. The van der Waals surface area contributed by atoms with Gasteiger partial charge in [-0.2, -0.15) is 0 Å². The number of hydroxylamine groups is 1. The Morgan fingerprint density at radius 3 is 3.00 bits per heavy atom. The van der Waals surface area contributed by atoms with Gasteiger partial charge in [0.25, 0.3) is 5.91 Å². The van der Waals surface area contributed by atoms with Gasteiger partial charge < -0.3 is 10.2 Å². The summed E-state index contributed by atoms with van der Waals surface area (Å²) >= 11 is 1.36. The van der Waals surface area contributed by atoms with Crippen LogP contribution in [0.3, 0.4) is 0 Å². The molecule has 0 radical (unpaired) electrons. The summed E-state index contributed by atoms with van der Waals surface area (Å²) in [5, 5.41) is 12.1. The van der Waals surface area contributed by atoms with E-state index in [1.54, 1.807) is 22.5 Å². The van der Waals surface area contributed by atoms with Crippen molar-refractivity contribution in [1.82, 2.24) is 15.7 Å². The second-order valence-electron chi connectivity index (χ2n) is 7.30. The van der Waals surface area contributed by atoms with Crippen LogP contribution in [-0.4, -0.2) is 41.1 Å². The molecule has 1 fully saturated rings. The monoisotopic (exact) mass is 391 g/mol. The van der Waals surface area contributed by atoms with Gasteiger partial charge in [0.05, 0.1) is 11.4 Å². The predicted molar refractivity (Wildman–Crippen MR) is 99.0 cm³/mol. The summed E-state index contributed by atoms with van der Waals surface area (Å²) in [6.45, 7) is 1.43. The summed E-state index contributed by atoms with van der Waals surface area (Å²) in [6.07, 6.45) is 7.57. The van der Waals surface area contributed by atoms with Crippen LogP contribution in [0.25, 0.3) is 0 Å². The molecule has 1 aliphatic heterocycles. The number of hydrogen-bond donors (Lipinski definition) is 3. The summed E-state index contributed by atoms with van der Waals surface area (Å²) in [6, 6.07) is 2.07. The number of amides is 2. The van der Waals surface area contributed by atoms with Crippen LogP contribution in [0.15, 0.2) is 30.1 Å². The second kappa shape index (κ2) is 7.53. The minimum atomic E-state index is -0.514. The number of carbonyl (C=O) groups is 2. The molecule has 1 aromatic rings. The maximum absolute atomic E-state index is 13.0. The Bertz CT molecular complexity index is 819. The molecule has 27 heavy (non-hydrogen) atoms. The first-order valence-electron chi connectivity index (χ1n) is 9.16. The lowest BCUT2D eigenvalue weighted by atomic mass is 9.95. The first-order chi connectivity index (χ1) is 13.0. The molecule has 3 atom stereocenters. The number of nitrogens with zero attached hydrogens (tertiary/aromatic N) is 1. The van der Waals surface area contributed by atoms with Crippen LogP contribution in [0.4, 0.5) is 4.39 Å². The molecule has 3 N–H and O–H groups in total. The van der Waals surface area contributed by atoms with E-state index < -0.39 is 5.91 Å². The van der Waals surface area contributed by atoms with Crippen molar-refractivity contribution in [2.24, 2.45) is 11.8 Å². The molecule has 144 valence electrons. The van der Waals surface area contributed by atoms with Crippen LogP contribution in [0.1, 0.15) is 33.0 Å². The molecule has 0 bridgehead atoms. The van der Waals surface area contributed by atoms with Crippen LogP contribution in [-0.2, 0) is 17.8 Å². The zero-order valence-corrected chi connectivity index (χ0v) is 15.6. The summed E-state index contributed by atoms with van der Waals surface area (Å²) in [5.74, 6) is 0.208. The Balaban J connectivity index is 1.26. The van der Waals surface area contributed by atoms with Crippen molar-refractivity contribution in [2.45, 2.75) is 31.8 Å². The molecule has 1 unspecified atom stereocenters. The summed E-state index contributed by atoms with van der Waals surface area (Å²) in [5.41, 5.74) is 2.63. The van der Waals surface area contributed by atoms with Gasteiger partial charge in [-0.3, -0.25) is 14.8 Å². The third-order valence-corrected chi connectivity index (χ3v) is 6.77. The maximum atomic E-state index is 13.0. The third kappa shape index (κ3) is 3.97. The number of halogens is 1.